The largest absolute Gasteiger partial charge is 0.352 e. The second kappa shape index (κ2) is 8.76. The molecule has 1 spiro atoms. The molecule has 0 bridgehead atoms. The van der Waals surface area contributed by atoms with Crippen LogP contribution in [0.3, 0.4) is 0 Å². The number of halogens is 1. The van der Waals surface area contributed by atoms with Crippen molar-refractivity contribution in [3.8, 4) is 0 Å². The Labute approximate surface area is 234 Å². The molecule has 0 saturated carbocycles. The van der Waals surface area contributed by atoms with E-state index in [1.165, 1.54) is 11.3 Å². The van der Waals surface area contributed by atoms with Gasteiger partial charge in [-0.05, 0) is 65.9 Å². The summed E-state index contributed by atoms with van der Waals surface area (Å²) in [4.78, 5) is 46.1. The normalized spacial score (nSPS) is 24.6. The number of carbonyl (C=O) groups is 3. The zero-order chi connectivity index (χ0) is 26.9. The molecule has 1 fully saturated rings. The summed E-state index contributed by atoms with van der Waals surface area (Å²) in [6, 6.07) is 24.3. The average Bonchev–Trinajstić information content (AvgIpc) is 3.66. The van der Waals surface area contributed by atoms with Gasteiger partial charge in [0, 0.05) is 27.5 Å². The molecule has 192 valence electrons. The molecule has 1 saturated heterocycles. The summed E-state index contributed by atoms with van der Waals surface area (Å²) in [7, 11) is 0. The topological polar surface area (TPSA) is 66.5 Å². The Morgan fingerprint density at radius 1 is 0.923 bits per heavy atom. The van der Waals surface area contributed by atoms with Gasteiger partial charge >= 0.3 is 0 Å². The van der Waals surface area contributed by atoms with E-state index in [4.69, 9.17) is 11.6 Å². The van der Waals surface area contributed by atoms with Gasteiger partial charge in [-0.3, -0.25) is 14.4 Å². The summed E-state index contributed by atoms with van der Waals surface area (Å²) >= 11 is 7.51. The number of rotatable bonds is 4. The molecule has 3 aromatic carbocycles. The van der Waals surface area contributed by atoms with E-state index in [0.717, 1.165) is 22.4 Å². The Hall–Kier alpha value is -4.00. The van der Waals surface area contributed by atoms with Gasteiger partial charge in [0.15, 0.2) is 11.6 Å². The van der Waals surface area contributed by atoms with Crippen LogP contribution in [0.5, 0.6) is 0 Å². The number of fused-ring (bicyclic) bond motifs is 6. The average molecular weight is 551 g/mol. The molecule has 0 unspecified atom stereocenters. The molecule has 1 amide bonds. The summed E-state index contributed by atoms with van der Waals surface area (Å²) in [5.41, 5.74) is 3.34. The maximum Gasteiger partial charge on any atom is 0.238 e. The van der Waals surface area contributed by atoms with Crippen LogP contribution in [-0.4, -0.2) is 29.6 Å². The van der Waals surface area contributed by atoms with Crippen molar-refractivity contribution in [2.24, 2.45) is 5.92 Å². The molecule has 7 rings (SSSR count). The van der Waals surface area contributed by atoms with Crippen molar-refractivity contribution >= 4 is 57.4 Å². The standard InChI is InChI=1S/C32H23ClN2O3S/c1-18-17-26-32(22-8-3-4-9-23(22)34-31(32)38)27(29(36)19-12-14-20(33)15-13-19)28(30(37)25-11-6-16-39-25)35(26)24-10-5-2-7-21(18)24/h2-17,26-28H,1H3,(H,34,38)/t26-,27-,28+,32-/m0/s1. The molecule has 39 heavy (non-hydrogen) atoms. The van der Waals surface area contributed by atoms with E-state index in [-0.39, 0.29) is 17.5 Å². The molecule has 1 N–H and O–H groups in total. The second-order valence-electron chi connectivity index (χ2n) is 10.2. The third kappa shape index (κ3) is 3.28. The number of Topliss-reactive ketones (excluding diaryl/α,β-unsaturated/α-hetero) is 2. The lowest BCUT2D eigenvalue weighted by molar-refractivity contribution is -0.121. The monoisotopic (exact) mass is 550 g/mol. The number of nitrogens with zero attached hydrogens (tertiary/aromatic N) is 1. The minimum atomic E-state index is -1.32. The van der Waals surface area contributed by atoms with Crippen LogP contribution in [0.2, 0.25) is 5.02 Å². The molecule has 7 heteroatoms. The highest BCUT2D eigenvalue weighted by molar-refractivity contribution is 7.12. The van der Waals surface area contributed by atoms with Gasteiger partial charge in [0.05, 0.1) is 16.8 Å². The van der Waals surface area contributed by atoms with Gasteiger partial charge in [0.1, 0.15) is 11.5 Å². The summed E-state index contributed by atoms with van der Waals surface area (Å²) in [6.07, 6.45) is 2.06. The molecule has 1 aromatic heterocycles. The number of hydrogen-bond donors (Lipinski definition) is 1. The zero-order valence-corrected chi connectivity index (χ0v) is 22.5. The Morgan fingerprint density at radius 3 is 2.44 bits per heavy atom. The highest BCUT2D eigenvalue weighted by Crippen LogP contribution is 2.58. The van der Waals surface area contributed by atoms with Crippen LogP contribution in [0.25, 0.3) is 5.57 Å². The fourth-order valence-corrected chi connectivity index (χ4v) is 7.57. The minimum absolute atomic E-state index is 0.167. The zero-order valence-electron chi connectivity index (χ0n) is 20.9. The van der Waals surface area contributed by atoms with Crippen LogP contribution in [0.15, 0.2) is 96.4 Å². The van der Waals surface area contributed by atoms with E-state index >= 15 is 0 Å². The summed E-state index contributed by atoms with van der Waals surface area (Å²) in [5, 5.41) is 5.43. The van der Waals surface area contributed by atoms with Crippen LogP contribution in [0.4, 0.5) is 11.4 Å². The second-order valence-corrected chi connectivity index (χ2v) is 11.6. The van der Waals surface area contributed by atoms with Crippen LogP contribution in [0, 0.1) is 5.92 Å². The maximum atomic E-state index is 14.7. The number of anilines is 2. The maximum absolute atomic E-state index is 14.7. The van der Waals surface area contributed by atoms with Crippen molar-refractivity contribution in [3.63, 3.8) is 0 Å². The number of allylic oxidation sites excluding steroid dienone is 1. The lowest BCUT2D eigenvalue weighted by Crippen LogP contribution is -2.51. The van der Waals surface area contributed by atoms with Gasteiger partial charge in [0.25, 0.3) is 0 Å². The predicted molar refractivity (Wildman–Crippen MR) is 155 cm³/mol. The first-order chi connectivity index (χ1) is 18.9. The van der Waals surface area contributed by atoms with Crippen molar-refractivity contribution in [3.05, 3.63) is 123 Å². The first-order valence-electron chi connectivity index (χ1n) is 12.8. The molecule has 3 aliphatic rings. The van der Waals surface area contributed by atoms with E-state index < -0.39 is 23.4 Å². The fraction of sp³-hybridized carbons (Fsp3) is 0.156. The number of thiophene rings is 1. The number of hydrogen-bond acceptors (Lipinski definition) is 5. The Kier molecular flexibility index (Phi) is 5.41. The van der Waals surface area contributed by atoms with E-state index in [0.29, 0.717) is 21.2 Å². The van der Waals surface area contributed by atoms with Gasteiger partial charge in [-0.15, -0.1) is 11.3 Å². The molecule has 3 aliphatic heterocycles. The van der Waals surface area contributed by atoms with E-state index in [2.05, 4.69) is 11.4 Å². The molecule has 4 heterocycles. The number of para-hydroxylation sites is 2. The van der Waals surface area contributed by atoms with E-state index in [1.807, 2.05) is 71.8 Å². The van der Waals surface area contributed by atoms with Crippen molar-refractivity contribution in [2.75, 3.05) is 10.2 Å². The first-order valence-corrected chi connectivity index (χ1v) is 14.0. The molecule has 0 aliphatic carbocycles. The highest BCUT2D eigenvalue weighted by atomic mass is 35.5. The fourth-order valence-electron chi connectivity index (χ4n) is 6.75. The molecule has 0 radical (unpaired) electrons. The third-order valence-corrected chi connectivity index (χ3v) is 9.46. The number of benzene rings is 3. The van der Waals surface area contributed by atoms with Gasteiger partial charge in [0.2, 0.25) is 5.91 Å². The third-order valence-electron chi connectivity index (χ3n) is 8.33. The summed E-state index contributed by atoms with van der Waals surface area (Å²) in [5.74, 6) is -1.68. The van der Waals surface area contributed by atoms with Crippen LogP contribution in [0.1, 0.15) is 38.1 Å². The van der Waals surface area contributed by atoms with Crippen molar-refractivity contribution < 1.29 is 14.4 Å². The Morgan fingerprint density at radius 2 is 1.67 bits per heavy atom. The number of carbonyl (C=O) groups excluding carboxylic acids is 3. The Bertz CT molecular complexity index is 1690. The lowest BCUT2D eigenvalue weighted by Gasteiger charge is -2.39. The number of nitrogens with one attached hydrogen (secondary N) is 1. The molecule has 4 atom stereocenters. The molecular weight excluding hydrogens is 528 g/mol. The van der Waals surface area contributed by atoms with Gasteiger partial charge in [-0.2, -0.15) is 0 Å². The molecule has 4 aromatic rings. The van der Waals surface area contributed by atoms with E-state index in [9.17, 15) is 14.4 Å². The highest BCUT2D eigenvalue weighted by Gasteiger charge is 2.70. The van der Waals surface area contributed by atoms with Crippen molar-refractivity contribution in [1.82, 2.24) is 0 Å². The van der Waals surface area contributed by atoms with Gasteiger partial charge < -0.3 is 10.2 Å². The van der Waals surface area contributed by atoms with E-state index in [1.54, 1.807) is 30.3 Å². The van der Waals surface area contributed by atoms with Crippen LogP contribution < -0.4 is 10.2 Å². The summed E-state index contributed by atoms with van der Waals surface area (Å²) in [6.45, 7) is 2.02. The predicted octanol–water partition coefficient (Wildman–Crippen LogP) is 6.65. The van der Waals surface area contributed by atoms with Gasteiger partial charge in [-0.1, -0.05) is 60.1 Å². The molecular formula is C32H23ClN2O3S. The Balaban J connectivity index is 1.56. The number of amides is 1. The van der Waals surface area contributed by atoms with Crippen LogP contribution in [-0.2, 0) is 10.2 Å². The van der Waals surface area contributed by atoms with Crippen molar-refractivity contribution in [1.29, 1.82) is 0 Å². The van der Waals surface area contributed by atoms with Crippen molar-refractivity contribution in [2.45, 2.75) is 24.4 Å². The van der Waals surface area contributed by atoms with Crippen LogP contribution >= 0.6 is 22.9 Å². The molecule has 5 nitrogen and oxygen atoms in total. The SMILES string of the molecule is CC1=C[C@@H]2N(c3ccccc31)[C@@H](C(=O)c1cccs1)[C@@H](C(=O)c1ccc(Cl)cc1)[C@@]21C(=O)Nc2ccccc21. The first kappa shape index (κ1) is 24.1. The summed E-state index contributed by atoms with van der Waals surface area (Å²) < 4.78 is 0. The lowest BCUT2D eigenvalue weighted by atomic mass is 9.64. The van der Waals surface area contributed by atoms with Gasteiger partial charge in [-0.25, -0.2) is 0 Å². The smallest absolute Gasteiger partial charge is 0.238 e. The minimum Gasteiger partial charge on any atom is -0.352 e. The quantitative estimate of drug-likeness (QED) is 0.289. The number of ketones is 2.